The number of unbranched alkanes of at least 4 members (excludes halogenated alkanes) is 6. The van der Waals surface area contributed by atoms with Gasteiger partial charge in [-0.15, -0.1) is 0 Å². The second kappa shape index (κ2) is 31.1. The number of aromatic amines is 2. The lowest BCUT2D eigenvalue weighted by atomic mass is 9.92. The number of carbonyl (C=O) groups is 2. The second-order valence-corrected chi connectivity index (χ2v) is 23.1. The number of rotatable bonds is 26. The van der Waals surface area contributed by atoms with E-state index in [0.29, 0.717) is 49.6 Å². The summed E-state index contributed by atoms with van der Waals surface area (Å²) < 4.78 is 33.9. The topological polar surface area (TPSA) is 143 Å². The maximum absolute atomic E-state index is 13.2. The minimum absolute atomic E-state index is 0.268. The number of fused-ring (bicyclic) bond motifs is 6. The molecule has 3 aliphatic heterocycles. The summed E-state index contributed by atoms with van der Waals surface area (Å²) in [7, 11) is 1.74. The number of benzene rings is 4. The van der Waals surface area contributed by atoms with E-state index in [1.165, 1.54) is 49.8 Å². The quantitative estimate of drug-likeness (QED) is 0.0449. The van der Waals surface area contributed by atoms with Gasteiger partial charge in [0.25, 0.3) is 0 Å². The summed E-state index contributed by atoms with van der Waals surface area (Å²) in [6.45, 7) is 19.5. The summed E-state index contributed by atoms with van der Waals surface area (Å²) in [4.78, 5) is 39.7. The van der Waals surface area contributed by atoms with Gasteiger partial charge in [-0.3, -0.25) is 14.7 Å². The second-order valence-electron chi connectivity index (χ2n) is 22.3. The van der Waals surface area contributed by atoms with Gasteiger partial charge in [0.15, 0.2) is 0 Å². The number of carbonyl (C=O) groups excluding carboxylic acids is 2. The minimum Gasteiger partial charge on any atom is -0.494 e. The van der Waals surface area contributed by atoms with Gasteiger partial charge in [-0.1, -0.05) is 101 Å². The van der Waals surface area contributed by atoms with Gasteiger partial charge >= 0.3 is 12.2 Å². The number of hydrogen-bond donors (Lipinski definition) is 3. The molecule has 80 heavy (non-hydrogen) atoms. The molecule has 2 amide bonds. The van der Waals surface area contributed by atoms with Gasteiger partial charge in [0.05, 0.1) is 39.6 Å². The van der Waals surface area contributed by atoms with E-state index in [0.717, 1.165) is 140 Å². The van der Waals surface area contributed by atoms with Gasteiger partial charge < -0.3 is 43.7 Å². The zero-order valence-corrected chi connectivity index (χ0v) is 49.4. The average molecular weight is 1140 g/mol. The van der Waals surface area contributed by atoms with Gasteiger partial charge in [0.1, 0.15) is 23.6 Å². The van der Waals surface area contributed by atoms with Crippen LogP contribution in [-0.2, 0) is 31.8 Å². The molecule has 0 spiro atoms. The van der Waals surface area contributed by atoms with Crippen molar-refractivity contribution in [3.05, 3.63) is 129 Å². The maximum atomic E-state index is 13.2. The van der Waals surface area contributed by atoms with E-state index in [1.54, 1.807) is 7.11 Å². The van der Waals surface area contributed by atoms with Crippen LogP contribution in [0.1, 0.15) is 131 Å². The molecule has 2 aromatic heterocycles. The van der Waals surface area contributed by atoms with Gasteiger partial charge in [0.2, 0.25) is 0 Å². The Morgan fingerprint density at radius 2 is 1.05 bits per heavy atom. The minimum atomic E-state index is -0.286. The first-order chi connectivity index (χ1) is 39.0. The molecule has 3 aliphatic rings. The van der Waals surface area contributed by atoms with Crippen molar-refractivity contribution >= 4 is 57.2 Å². The molecular weight excluding hydrogens is 1050 g/mol. The van der Waals surface area contributed by atoms with E-state index >= 15 is 0 Å². The third kappa shape index (κ3) is 17.0. The zero-order chi connectivity index (χ0) is 56.2. The Balaban J connectivity index is 0.000000210. The lowest BCUT2D eigenvalue weighted by Gasteiger charge is -2.35. The number of nitrogens with one attached hydrogen (secondary N) is 3. The van der Waals surface area contributed by atoms with Crippen molar-refractivity contribution < 1.29 is 38.0 Å². The van der Waals surface area contributed by atoms with E-state index in [-0.39, 0.29) is 36.1 Å². The normalized spacial score (nSPS) is 16.4. The van der Waals surface area contributed by atoms with Crippen molar-refractivity contribution in [2.24, 2.45) is 11.8 Å². The third-order valence-electron chi connectivity index (χ3n) is 15.1. The molecule has 5 heterocycles. The van der Waals surface area contributed by atoms with E-state index in [4.69, 9.17) is 51.6 Å². The fraction of sp³-hybridized carbons (Fsp3) is 0.531. The fourth-order valence-corrected chi connectivity index (χ4v) is 11.3. The lowest BCUT2D eigenvalue weighted by molar-refractivity contribution is 0.0371. The van der Waals surface area contributed by atoms with Crippen LogP contribution >= 0.6 is 23.2 Å². The number of halogens is 2. The first kappa shape index (κ1) is 60.6. The first-order valence-electron chi connectivity index (χ1n) is 29.4. The van der Waals surface area contributed by atoms with Crippen LogP contribution in [0.5, 0.6) is 11.5 Å². The number of aromatic nitrogens is 2. The molecule has 0 bridgehead atoms. The van der Waals surface area contributed by atoms with Crippen molar-refractivity contribution in [1.29, 1.82) is 0 Å². The van der Waals surface area contributed by atoms with Crippen molar-refractivity contribution in [3.8, 4) is 11.5 Å². The van der Waals surface area contributed by atoms with E-state index in [2.05, 4.69) is 44.5 Å². The maximum Gasteiger partial charge on any atom is 0.410 e. The van der Waals surface area contributed by atoms with Crippen LogP contribution in [0.15, 0.2) is 84.9 Å². The molecule has 0 aliphatic carbocycles. The van der Waals surface area contributed by atoms with Gasteiger partial charge in [-0.25, -0.2) is 9.59 Å². The van der Waals surface area contributed by atoms with Gasteiger partial charge in [-0.2, -0.15) is 0 Å². The highest BCUT2D eigenvalue weighted by molar-refractivity contribution is 6.31. The molecular formula is C64H86Cl2N6O8. The molecule has 2 atom stereocenters. The van der Waals surface area contributed by atoms with Crippen molar-refractivity contribution in [2.75, 3.05) is 99.2 Å². The summed E-state index contributed by atoms with van der Waals surface area (Å²) in [5.41, 5.74) is 8.56. The Kier molecular flexibility index (Phi) is 23.6. The molecule has 0 saturated carbocycles. The number of H-pyrrole nitrogens is 2. The highest BCUT2D eigenvalue weighted by Crippen LogP contribution is 2.42. The van der Waals surface area contributed by atoms with Gasteiger partial charge in [0, 0.05) is 83.1 Å². The van der Waals surface area contributed by atoms with Crippen molar-refractivity contribution in [3.63, 3.8) is 0 Å². The standard InChI is InChI=1S/C32H42ClN3O4.C32H44ClN3O4/c1-23(2)22-40-32(37)36-15-13-27-28-21-25(33)9-12-29(28)34-30(27)31(36)24-7-10-26(11-8-24)39-18-6-4-3-5-14-35-16-19-38-20-17-35;1-23(2)22-40-32(37)36-18-15-27-28-21-25(33)11-14-29(28)35-30(27)31(36)24-9-12-26(13-10-24)39-20-7-5-4-6-16-34-17-8-19-38-3/h7-12,21,23,31,34H,3-6,13-20,22H2,1-2H3;9-14,21,23,31,34-35H,4-8,15-20,22H2,1-3H3. The number of morpholine rings is 1. The SMILES string of the molecule is CC(C)COC(=O)N1CCc2c([nH]c3ccc(Cl)cc23)C1c1ccc(OCCCCCCN2CCOCC2)cc1.COCCCNCCCCCCOc1ccc(C2c3[nH]c4ccc(Cl)cc4c3CCN2C(=O)OCC(C)C)cc1. The third-order valence-corrected chi connectivity index (χ3v) is 15.5. The van der Waals surface area contributed by atoms with Crippen LogP contribution in [-0.4, -0.2) is 136 Å². The Morgan fingerprint density at radius 3 is 1.52 bits per heavy atom. The molecule has 1 saturated heterocycles. The number of nitrogens with zero attached hydrogens (tertiary/aromatic N) is 3. The van der Waals surface area contributed by atoms with Crippen LogP contribution in [0.4, 0.5) is 9.59 Å². The van der Waals surface area contributed by atoms with Crippen LogP contribution in [0.25, 0.3) is 21.8 Å². The largest absolute Gasteiger partial charge is 0.494 e. The number of methoxy groups -OCH3 is 1. The summed E-state index contributed by atoms with van der Waals surface area (Å²) in [5, 5.41) is 7.11. The molecule has 6 aromatic rings. The molecule has 4 aromatic carbocycles. The van der Waals surface area contributed by atoms with E-state index in [9.17, 15) is 9.59 Å². The highest BCUT2D eigenvalue weighted by atomic mass is 35.5. The summed E-state index contributed by atoms with van der Waals surface area (Å²) in [6, 6.07) is 27.6. The Hall–Kier alpha value is -5.48. The van der Waals surface area contributed by atoms with E-state index in [1.807, 2.05) is 98.2 Å². The van der Waals surface area contributed by atoms with Crippen molar-refractivity contribution in [1.82, 2.24) is 30.0 Å². The smallest absolute Gasteiger partial charge is 0.410 e. The Bertz CT molecular complexity index is 2850. The number of hydrogen-bond acceptors (Lipinski definition) is 10. The van der Waals surface area contributed by atoms with Crippen LogP contribution < -0.4 is 14.8 Å². The van der Waals surface area contributed by atoms with Crippen molar-refractivity contribution in [2.45, 2.75) is 110 Å². The fourth-order valence-electron chi connectivity index (χ4n) is 10.9. The van der Waals surface area contributed by atoms with Crippen LogP contribution in [0.3, 0.4) is 0 Å². The lowest BCUT2D eigenvalue weighted by Crippen LogP contribution is -2.41. The molecule has 434 valence electrons. The van der Waals surface area contributed by atoms with Gasteiger partial charge in [-0.05, 0) is 159 Å². The first-order valence-corrected chi connectivity index (χ1v) is 30.1. The van der Waals surface area contributed by atoms with Crippen LogP contribution in [0, 0.1) is 11.8 Å². The molecule has 16 heteroatoms. The Morgan fingerprint density at radius 1 is 0.588 bits per heavy atom. The summed E-state index contributed by atoms with van der Waals surface area (Å²) >= 11 is 12.7. The number of ether oxygens (including phenoxy) is 6. The Labute approximate surface area is 484 Å². The predicted molar refractivity (Wildman–Crippen MR) is 321 cm³/mol. The highest BCUT2D eigenvalue weighted by Gasteiger charge is 2.37. The molecule has 2 unspecified atom stereocenters. The summed E-state index contributed by atoms with van der Waals surface area (Å²) in [6.07, 6.45) is 11.2. The average Bonchev–Trinajstić information content (AvgIpc) is 4.04. The molecule has 1 fully saturated rings. The molecule has 14 nitrogen and oxygen atoms in total. The monoisotopic (exact) mass is 1140 g/mol. The van der Waals surface area contributed by atoms with Crippen LogP contribution in [0.2, 0.25) is 10.0 Å². The zero-order valence-electron chi connectivity index (χ0n) is 47.9. The molecule has 9 rings (SSSR count). The summed E-state index contributed by atoms with van der Waals surface area (Å²) in [5.74, 6) is 2.25. The molecule has 3 N–H and O–H groups in total. The molecule has 0 radical (unpaired) electrons. The van der Waals surface area contributed by atoms with E-state index < -0.39 is 0 Å². The predicted octanol–water partition coefficient (Wildman–Crippen LogP) is 14.0. The number of amides is 2.